The van der Waals surface area contributed by atoms with E-state index in [0.29, 0.717) is 0 Å². The van der Waals surface area contributed by atoms with Crippen LogP contribution >= 0.6 is 0 Å². The van der Waals surface area contributed by atoms with E-state index in [1.54, 1.807) is 0 Å². The summed E-state index contributed by atoms with van der Waals surface area (Å²) < 4.78 is 0. The molecule has 1 rings (SSSR count). The first-order valence-corrected chi connectivity index (χ1v) is 7.22. The fourth-order valence-corrected chi connectivity index (χ4v) is 2.74. The number of hydrogen-bond acceptors (Lipinski definition) is 2. The number of nitrogens with zero attached hydrogens (tertiary/aromatic N) is 1. The third kappa shape index (κ3) is 4.84. The molecule has 0 saturated carbocycles. The molecule has 1 aliphatic rings. The lowest BCUT2D eigenvalue weighted by Crippen LogP contribution is -2.37. The topological polar surface area (TPSA) is 15.3 Å². The SMILES string of the molecule is CCCCCNCCC1CCCN1C(C)C. The van der Waals surface area contributed by atoms with Crippen LogP contribution in [0.15, 0.2) is 0 Å². The van der Waals surface area contributed by atoms with Gasteiger partial charge in [-0.15, -0.1) is 0 Å². The molecular formula is C14H30N2. The molecule has 0 bridgehead atoms. The van der Waals surface area contributed by atoms with Gasteiger partial charge in [0.25, 0.3) is 0 Å². The van der Waals surface area contributed by atoms with Crippen LogP contribution in [0.1, 0.15) is 59.3 Å². The van der Waals surface area contributed by atoms with E-state index in [1.165, 1.54) is 58.2 Å². The summed E-state index contributed by atoms with van der Waals surface area (Å²) in [5.41, 5.74) is 0. The third-order valence-corrected chi connectivity index (χ3v) is 3.70. The maximum absolute atomic E-state index is 3.58. The largest absolute Gasteiger partial charge is 0.317 e. The van der Waals surface area contributed by atoms with E-state index in [-0.39, 0.29) is 0 Å². The highest BCUT2D eigenvalue weighted by Crippen LogP contribution is 2.21. The second-order valence-electron chi connectivity index (χ2n) is 5.37. The zero-order valence-corrected chi connectivity index (χ0v) is 11.5. The van der Waals surface area contributed by atoms with Gasteiger partial charge in [0.05, 0.1) is 0 Å². The van der Waals surface area contributed by atoms with E-state index < -0.39 is 0 Å². The average Bonchev–Trinajstić information content (AvgIpc) is 2.71. The predicted molar refractivity (Wildman–Crippen MR) is 71.9 cm³/mol. The van der Waals surface area contributed by atoms with Crippen molar-refractivity contribution in [3.05, 3.63) is 0 Å². The van der Waals surface area contributed by atoms with Crippen LogP contribution in [0.5, 0.6) is 0 Å². The van der Waals surface area contributed by atoms with E-state index in [0.717, 1.165) is 12.1 Å². The van der Waals surface area contributed by atoms with Crippen LogP contribution < -0.4 is 5.32 Å². The molecule has 2 heteroatoms. The molecule has 0 aromatic carbocycles. The van der Waals surface area contributed by atoms with Gasteiger partial charge in [0.2, 0.25) is 0 Å². The van der Waals surface area contributed by atoms with Crippen molar-refractivity contribution >= 4 is 0 Å². The van der Waals surface area contributed by atoms with Crippen LogP contribution in [0, 0.1) is 0 Å². The van der Waals surface area contributed by atoms with Crippen LogP contribution in [-0.4, -0.2) is 36.6 Å². The maximum Gasteiger partial charge on any atom is 0.0110 e. The molecule has 1 saturated heterocycles. The molecule has 0 spiro atoms. The van der Waals surface area contributed by atoms with Gasteiger partial charge in [-0.2, -0.15) is 0 Å². The maximum atomic E-state index is 3.58. The van der Waals surface area contributed by atoms with E-state index in [4.69, 9.17) is 0 Å². The molecule has 1 aliphatic heterocycles. The van der Waals surface area contributed by atoms with Gasteiger partial charge in [0.1, 0.15) is 0 Å². The fraction of sp³-hybridized carbons (Fsp3) is 1.00. The van der Waals surface area contributed by atoms with Gasteiger partial charge < -0.3 is 5.32 Å². The van der Waals surface area contributed by atoms with Crippen molar-refractivity contribution in [2.75, 3.05) is 19.6 Å². The minimum atomic E-state index is 0.729. The lowest BCUT2D eigenvalue weighted by atomic mass is 10.1. The zero-order chi connectivity index (χ0) is 11.8. The van der Waals surface area contributed by atoms with Gasteiger partial charge in [-0.05, 0) is 59.2 Å². The Kier molecular flexibility index (Phi) is 7.06. The first-order chi connectivity index (χ1) is 7.75. The molecule has 1 N–H and O–H groups in total. The molecule has 1 fully saturated rings. The van der Waals surface area contributed by atoms with E-state index in [2.05, 4.69) is 31.0 Å². The quantitative estimate of drug-likeness (QED) is 0.640. The van der Waals surface area contributed by atoms with Crippen molar-refractivity contribution in [1.29, 1.82) is 0 Å². The highest BCUT2D eigenvalue weighted by molar-refractivity contribution is 4.81. The summed E-state index contributed by atoms with van der Waals surface area (Å²) >= 11 is 0. The molecule has 16 heavy (non-hydrogen) atoms. The summed E-state index contributed by atoms with van der Waals surface area (Å²) in [6.07, 6.45) is 8.19. The summed E-state index contributed by atoms with van der Waals surface area (Å²) in [4.78, 5) is 2.67. The Hall–Kier alpha value is -0.0800. The molecule has 0 radical (unpaired) electrons. The van der Waals surface area contributed by atoms with E-state index in [9.17, 15) is 0 Å². The molecular weight excluding hydrogens is 196 g/mol. The Labute approximate surface area is 102 Å². The second kappa shape index (κ2) is 8.08. The van der Waals surface area contributed by atoms with Gasteiger partial charge in [0.15, 0.2) is 0 Å². The van der Waals surface area contributed by atoms with Crippen LogP contribution in [0.3, 0.4) is 0 Å². The molecule has 1 atom stereocenters. The molecule has 0 amide bonds. The molecule has 0 aromatic heterocycles. The Morgan fingerprint density at radius 1 is 1.25 bits per heavy atom. The summed E-state index contributed by atoms with van der Waals surface area (Å²) in [7, 11) is 0. The van der Waals surface area contributed by atoms with Crippen molar-refractivity contribution < 1.29 is 0 Å². The molecule has 96 valence electrons. The van der Waals surface area contributed by atoms with Gasteiger partial charge in [-0.1, -0.05) is 19.8 Å². The highest BCUT2D eigenvalue weighted by atomic mass is 15.2. The first kappa shape index (κ1) is 14.0. The summed E-state index contributed by atoms with van der Waals surface area (Å²) in [5.74, 6) is 0. The van der Waals surface area contributed by atoms with Gasteiger partial charge >= 0.3 is 0 Å². The van der Waals surface area contributed by atoms with Crippen molar-refractivity contribution in [1.82, 2.24) is 10.2 Å². The smallest absolute Gasteiger partial charge is 0.0110 e. The Balaban J connectivity index is 2.03. The van der Waals surface area contributed by atoms with Crippen LogP contribution in [0.2, 0.25) is 0 Å². The van der Waals surface area contributed by atoms with Gasteiger partial charge in [0, 0.05) is 12.1 Å². The zero-order valence-electron chi connectivity index (χ0n) is 11.5. The molecule has 1 unspecified atom stereocenters. The van der Waals surface area contributed by atoms with E-state index in [1.807, 2.05) is 0 Å². The van der Waals surface area contributed by atoms with Crippen LogP contribution in [-0.2, 0) is 0 Å². The van der Waals surface area contributed by atoms with Crippen molar-refractivity contribution in [3.63, 3.8) is 0 Å². The van der Waals surface area contributed by atoms with Gasteiger partial charge in [-0.25, -0.2) is 0 Å². The van der Waals surface area contributed by atoms with Crippen LogP contribution in [0.4, 0.5) is 0 Å². The number of unbranched alkanes of at least 4 members (excludes halogenated alkanes) is 2. The van der Waals surface area contributed by atoms with E-state index >= 15 is 0 Å². The molecule has 1 heterocycles. The predicted octanol–water partition coefficient (Wildman–Crippen LogP) is 3.03. The third-order valence-electron chi connectivity index (χ3n) is 3.70. The van der Waals surface area contributed by atoms with Gasteiger partial charge in [-0.3, -0.25) is 4.90 Å². The second-order valence-corrected chi connectivity index (χ2v) is 5.37. The number of rotatable bonds is 8. The molecule has 2 nitrogen and oxygen atoms in total. The average molecular weight is 226 g/mol. The van der Waals surface area contributed by atoms with Crippen molar-refractivity contribution in [3.8, 4) is 0 Å². The monoisotopic (exact) mass is 226 g/mol. The highest BCUT2D eigenvalue weighted by Gasteiger charge is 2.25. The van der Waals surface area contributed by atoms with Crippen molar-refractivity contribution in [2.24, 2.45) is 0 Å². The first-order valence-electron chi connectivity index (χ1n) is 7.22. The lowest BCUT2D eigenvalue weighted by molar-refractivity contribution is 0.194. The number of likely N-dealkylation sites (tertiary alicyclic amines) is 1. The summed E-state index contributed by atoms with van der Waals surface area (Å²) in [6.45, 7) is 10.6. The number of nitrogens with one attached hydrogen (secondary N) is 1. The fourth-order valence-electron chi connectivity index (χ4n) is 2.74. The van der Waals surface area contributed by atoms with Crippen molar-refractivity contribution in [2.45, 2.75) is 71.4 Å². The molecule has 0 aliphatic carbocycles. The van der Waals surface area contributed by atoms with Crippen LogP contribution in [0.25, 0.3) is 0 Å². The Morgan fingerprint density at radius 2 is 2.06 bits per heavy atom. The normalized spacial score (nSPS) is 22.1. The minimum absolute atomic E-state index is 0.729. The minimum Gasteiger partial charge on any atom is -0.317 e. The lowest BCUT2D eigenvalue weighted by Gasteiger charge is -2.28. The standard InChI is InChI=1S/C14H30N2/c1-4-5-6-10-15-11-9-14-8-7-12-16(14)13(2)3/h13-15H,4-12H2,1-3H3. The number of hydrogen-bond donors (Lipinski definition) is 1. The Morgan fingerprint density at radius 3 is 2.75 bits per heavy atom. The molecule has 0 aromatic rings. The Bertz CT molecular complexity index is 168. The summed E-state index contributed by atoms with van der Waals surface area (Å²) in [5, 5.41) is 3.58. The summed E-state index contributed by atoms with van der Waals surface area (Å²) in [6, 6.07) is 1.58.